The third kappa shape index (κ3) is 4.85. The van der Waals surface area contributed by atoms with Crippen molar-refractivity contribution in [2.45, 2.75) is 30.1 Å². The van der Waals surface area contributed by atoms with Crippen molar-refractivity contribution in [1.82, 2.24) is 24.6 Å². The Hall–Kier alpha value is -2.07. The summed E-state index contributed by atoms with van der Waals surface area (Å²) in [4.78, 5) is 16.7. The summed E-state index contributed by atoms with van der Waals surface area (Å²) in [7, 11) is 1.25. The molecule has 10 heteroatoms. The highest BCUT2D eigenvalue weighted by Crippen LogP contribution is 2.31. The van der Waals surface area contributed by atoms with E-state index in [0.29, 0.717) is 13.1 Å². The monoisotopic (exact) mass is 413 g/mol. The Morgan fingerprint density at radius 3 is 2.36 bits per heavy atom. The summed E-state index contributed by atoms with van der Waals surface area (Å²) in [5.41, 5.74) is 1.23. The summed E-state index contributed by atoms with van der Waals surface area (Å²) < 4.78 is 39.4. The van der Waals surface area contributed by atoms with Gasteiger partial charge in [0.05, 0.1) is 5.25 Å². The fourth-order valence-corrected chi connectivity index (χ4v) is 4.00. The van der Waals surface area contributed by atoms with Crippen LogP contribution in [0.5, 0.6) is 0 Å². The summed E-state index contributed by atoms with van der Waals surface area (Å²) in [6.07, 6.45) is -4.57. The SMILES string of the molecule is C[C@@H](Sc1nnc(C(F)(F)F)n1C)C(=O)N1CCN(Cc2ccccc2)CC1. The minimum atomic E-state index is -4.57. The standard InChI is InChI=1S/C18H22F3N5OS/c1-13(28-17-23-22-16(24(17)2)18(19,20)21)15(27)26-10-8-25(9-11-26)12-14-6-4-3-5-7-14/h3-7,13H,8-12H2,1-2H3/t13-/m1/s1. The third-order valence-corrected chi connectivity index (χ3v) is 5.77. The van der Waals surface area contributed by atoms with Crippen molar-refractivity contribution in [2.75, 3.05) is 26.2 Å². The number of carbonyl (C=O) groups excluding carboxylic acids is 1. The summed E-state index contributed by atoms with van der Waals surface area (Å²) in [6.45, 7) is 5.25. The maximum atomic E-state index is 12.8. The second kappa shape index (κ2) is 8.52. The van der Waals surface area contributed by atoms with Gasteiger partial charge >= 0.3 is 6.18 Å². The first-order chi connectivity index (χ1) is 13.3. The zero-order valence-corrected chi connectivity index (χ0v) is 16.5. The molecular formula is C18H22F3N5OS. The molecule has 152 valence electrons. The van der Waals surface area contributed by atoms with Crippen LogP contribution in [-0.2, 0) is 24.6 Å². The minimum Gasteiger partial charge on any atom is -0.339 e. The Bertz CT molecular complexity index is 803. The molecule has 0 spiro atoms. The summed E-state index contributed by atoms with van der Waals surface area (Å²) in [6, 6.07) is 10.1. The van der Waals surface area contributed by atoms with Crippen LogP contribution in [0.15, 0.2) is 35.5 Å². The van der Waals surface area contributed by atoms with E-state index < -0.39 is 17.3 Å². The maximum Gasteiger partial charge on any atom is 0.451 e. The second-order valence-corrected chi connectivity index (χ2v) is 8.02. The third-order valence-electron chi connectivity index (χ3n) is 4.65. The Kier molecular flexibility index (Phi) is 6.29. The van der Waals surface area contributed by atoms with E-state index in [4.69, 9.17) is 0 Å². The molecule has 0 N–H and O–H groups in total. The van der Waals surface area contributed by atoms with E-state index in [1.165, 1.54) is 12.6 Å². The molecule has 6 nitrogen and oxygen atoms in total. The lowest BCUT2D eigenvalue weighted by molar-refractivity contribution is -0.147. The molecule has 1 fully saturated rings. The molecule has 2 aromatic rings. The topological polar surface area (TPSA) is 54.3 Å². The van der Waals surface area contributed by atoms with Gasteiger partial charge in [0.15, 0.2) is 5.16 Å². The molecule has 3 rings (SSSR count). The van der Waals surface area contributed by atoms with Crippen LogP contribution in [0, 0.1) is 0 Å². The normalized spacial score (nSPS) is 17.0. The molecule has 0 bridgehead atoms. The van der Waals surface area contributed by atoms with Crippen molar-refractivity contribution in [3.8, 4) is 0 Å². The van der Waals surface area contributed by atoms with E-state index in [9.17, 15) is 18.0 Å². The molecule has 28 heavy (non-hydrogen) atoms. The van der Waals surface area contributed by atoms with Gasteiger partial charge in [-0.2, -0.15) is 13.2 Å². The molecule has 1 aromatic heterocycles. The van der Waals surface area contributed by atoms with Crippen LogP contribution in [0.25, 0.3) is 0 Å². The average molecular weight is 413 g/mol. The van der Waals surface area contributed by atoms with E-state index in [2.05, 4.69) is 27.2 Å². The Labute approximate surface area is 165 Å². The lowest BCUT2D eigenvalue weighted by Gasteiger charge is -2.35. The highest BCUT2D eigenvalue weighted by atomic mass is 32.2. The molecule has 1 aromatic carbocycles. The lowest BCUT2D eigenvalue weighted by atomic mass is 10.2. The van der Waals surface area contributed by atoms with Crippen LogP contribution in [0.3, 0.4) is 0 Å². The van der Waals surface area contributed by atoms with Gasteiger partial charge in [0.1, 0.15) is 0 Å². The predicted molar refractivity (Wildman–Crippen MR) is 99.6 cm³/mol. The number of rotatable bonds is 5. The van der Waals surface area contributed by atoms with Gasteiger partial charge in [-0.3, -0.25) is 9.69 Å². The Balaban J connectivity index is 1.53. The van der Waals surface area contributed by atoms with Gasteiger partial charge < -0.3 is 9.47 Å². The first-order valence-electron chi connectivity index (χ1n) is 8.94. The van der Waals surface area contributed by atoms with Crippen molar-refractivity contribution < 1.29 is 18.0 Å². The number of amides is 1. The highest BCUT2D eigenvalue weighted by molar-refractivity contribution is 8.00. The number of benzene rings is 1. The predicted octanol–water partition coefficient (Wildman–Crippen LogP) is 2.66. The van der Waals surface area contributed by atoms with Crippen LogP contribution in [-0.4, -0.2) is 61.9 Å². The molecule has 1 aliphatic heterocycles. The first kappa shape index (κ1) is 20.7. The molecule has 1 amide bonds. The zero-order chi connectivity index (χ0) is 20.3. The maximum absolute atomic E-state index is 12.8. The first-order valence-corrected chi connectivity index (χ1v) is 9.82. The molecule has 0 unspecified atom stereocenters. The van der Waals surface area contributed by atoms with E-state index in [-0.39, 0.29) is 11.1 Å². The van der Waals surface area contributed by atoms with E-state index in [1.807, 2.05) is 18.2 Å². The van der Waals surface area contributed by atoms with Crippen LogP contribution in [0.1, 0.15) is 18.3 Å². The largest absolute Gasteiger partial charge is 0.451 e. The van der Waals surface area contributed by atoms with Gasteiger partial charge in [0.25, 0.3) is 0 Å². The molecule has 0 radical (unpaired) electrons. The Morgan fingerprint density at radius 2 is 1.79 bits per heavy atom. The second-order valence-electron chi connectivity index (χ2n) is 6.71. The van der Waals surface area contributed by atoms with Gasteiger partial charge in [0, 0.05) is 39.8 Å². The van der Waals surface area contributed by atoms with Crippen molar-refractivity contribution in [3.63, 3.8) is 0 Å². The summed E-state index contributed by atoms with van der Waals surface area (Å²) in [5.74, 6) is -1.16. The smallest absolute Gasteiger partial charge is 0.339 e. The Morgan fingerprint density at radius 1 is 1.14 bits per heavy atom. The van der Waals surface area contributed by atoms with Crippen LogP contribution in [0.2, 0.25) is 0 Å². The highest BCUT2D eigenvalue weighted by Gasteiger charge is 2.38. The van der Waals surface area contributed by atoms with Crippen LogP contribution < -0.4 is 0 Å². The van der Waals surface area contributed by atoms with Gasteiger partial charge in [-0.1, -0.05) is 42.1 Å². The molecule has 1 saturated heterocycles. The summed E-state index contributed by atoms with van der Waals surface area (Å²) in [5, 5.41) is 6.32. The number of piperazine rings is 1. The van der Waals surface area contributed by atoms with Gasteiger partial charge in [-0.15, -0.1) is 10.2 Å². The van der Waals surface area contributed by atoms with Crippen molar-refractivity contribution in [1.29, 1.82) is 0 Å². The molecular weight excluding hydrogens is 391 g/mol. The average Bonchev–Trinajstić information content (AvgIpc) is 3.03. The fraction of sp³-hybridized carbons (Fsp3) is 0.500. The van der Waals surface area contributed by atoms with E-state index in [1.54, 1.807) is 11.8 Å². The van der Waals surface area contributed by atoms with E-state index >= 15 is 0 Å². The van der Waals surface area contributed by atoms with Crippen LogP contribution >= 0.6 is 11.8 Å². The number of hydrogen-bond donors (Lipinski definition) is 0. The van der Waals surface area contributed by atoms with Gasteiger partial charge in [-0.05, 0) is 12.5 Å². The fourth-order valence-electron chi connectivity index (χ4n) is 3.10. The number of halogens is 3. The number of alkyl halides is 3. The zero-order valence-electron chi connectivity index (χ0n) is 15.7. The molecule has 0 aliphatic carbocycles. The van der Waals surface area contributed by atoms with Gasteiger partial charge in [0.2, 0.25) is 11.7 Å². The van der Waals surface area contributed by atoms with Crippen LogP contribution in [0.4, 0.5) is 13.2 Å². The molecule has 0 saturated carbocycles. The number of carbonyl (C=O) groups is 1. The molecule has 1 atom stereocenters. The number of nitrogens with zero attached hydrogens (tertiary/aromatic N) is 5. The number of hydrogen-bond acceptors (Lipinski definition) is 5. The van der Waals surface area contributed by atoms with Gasteiger partial charge in [-0.25, -0.2) is 0 Å². The number of thioether (sulfide) groups is 1. The lowest BCUT2D eigenvalue weighted by Crippen LogP contribution is -2.50. The van der Waals surface area contributed by atoms with Crippen molar-refractivity contribution >= 4 is 17.7 Å². The van der Waals surface area contributed by atoms with Crippen molar-refractivity contribution in [2.24, 2.45) is 7.05 Å². The van der Waals surface area contributed by atoms with E-state index in [0.717, 1.165) is 36.0 Å². The molecule has 2 heterocycles. The summed E-state index contributed by atoms with van der Waals surface area (Å²) >= 11 is 0.997. The molecule has 1 aliphatic rings. The quantitative estimate of drug-likeness (QED) is 0.706. The minimum absolute atomic E-state index is 0.0795. The number of aromatic nitrogens is 3. The van der Waals surface area contributed by atoms with Crippen molar-refractivity contribution in [3.05, 3.63) is 41.7 Å².